The van der Waals surface area contributed by atoms with Crippen LogP contribution in [0.15, 0.2) is 42.5 Å². The van der Waals surface area contributed by atoms with E-state index in [9.17, 15) is 4.79 Å². The molecule has 1 fully saturated rings. The van der Waals surface area contributed by atoms with Gasteiger partial charge in [0.15, 0.2) is 11.5 Å². The zero-order valence-corrected chi connectivity index (χ0v) is 17.2. The first kappa shape index (κ1) is 20.3. The number of ether oxygens (including phenoxy) is 3. The van der Waals surface area contributed by atoms with Crippen molar-refractivity contribution in [3.05, 3.63) is 48.0 Å². The minimum Gasteiger partial charge on any atom is -0.490 e. The molecule has 1 heterocycles. The molecule has 2 aliphatic rings. The summed E-state index contributed by atoms with van der Waals surface area (Å²) >= 11 is 0. The lowest BCUT2D eigenvalue weighted by Crippen LogP contribution is -2.39. The van der Waals surface area contributed by atoms with E-state index in [-0.39, 0.29) is 31.5 Å². The van der Waals surface area contributed by atoms with Gasteiger partial charge < -0.3 is 29.5 Å². The third-order valence-corrected chi connectivity index (χ3v) is 5.66. The quantitative estimate of drug-likeness (QED) is 0.728. The molecular weight excluding hydrogens is 384 g/mol. The smallest absolute Gasteiger partial charge is 0.251 e. The molecule has 0 spiro atoms. The van der Waals surface area contributed by atoms with Gasteiger partial charge in [-0.2, -0.15) is 0 Å². The van der Waals surface area contributed by atoms with Crippen LogP contribution in [0.1, 0.15) is 36.0 Å². The van der Waals surface area contributed by atoms with Crippen LogP contribution in [0.2, 0.25) is 0 Å². The normalized spacial score (nSPS) is 19.9. The largest absolute Gasteiger partial charge is 0.490 e. The van der Waals surface area contributed by atoms with E-state index in [4.69, 9.17) is 19.3 Å². The molecule has 2 aromatic rings. The van der Waals surface area contributed by atoms with E-state index in [0.717, 1.165) is 48.6 Å². The van der Waals surface area contributed by atoms with E-state index < -0.39 is 0 Å². The number of anilines is 1. The summed E-state index contributed by atoms with van der Waals surface area (Å²) in [6, 6.07) is 13.3. The molecule has 1 aliphatic carbocycles. The highest BCUT2D eigenvalue weighted by atomic mass is 16.7. The third-order valence-electron chi connectivity index (χ3n) is 5.66. The molecule has 7 nitrogen and oxygen atoms in total. The molecule has 0 unspecified atom stereocenters. The predicted octanol–water partition coefficient (Wildman–Crippen LogP) is 2.96. The number of likely N-dealkylation sites (N-methyl/N-ethyl adjacent to an activating group) is 1. The second kappa shape index (κ2) is 9.26. The molecule has 1 aliphatic heterocycles. The number of benzene rings is 2. The molecule has 2 N–H and O–H groups in total. The molecule has 2 aromatic carbocycles. The Labute approximate surface area is 176 Å². The molecular formula is C23H28N2O5. The van der Waals surface area contributed by atoms with E-state index >= 15 is 0 Å². The number of fused-ring (bicyclic) bond motifs is 1. The van der Waals surface area contributed by atoms with Crippen molar-refractivity contribution < 1.29 is 24.1 Å². The van der Waals surface area contributed by atoms with E-state index in [1.54, 1.807) is 0 Å². The van der Waals surface area contributed by atoms with Crippen molar-refractivity contribution in [2.45, 2.75) is 37.8 Å². The van der Waals surface area contributed by atoms with Gasteiger partial charge in [0.1, 0.15) is 5.75 Å². The van der Waals surface area contributed by atoms with Crippen molar-refractivity contribution in [3.8, 4) is 17.2 Å². The molecule has 0 bridgehead atoms. The summed E-state index contributed by atoms with van der Waals surface area (Å²) in [5.74, 6) is 2.22. The first-order chi connectivity index (χ1) is 14.6. The summed E-state index contributed by atoms with van der Waals surface area (Å²) in [6.45, 7) is 0.911. The molecule has 4 rings (SSSR count). The molecule has 7 heteroatoms. The lowest BCUT2D eigenvalue weighted by molar-refractivity contribution is 0.0893. The summed E-state index contributed by atoms with van der Waals surface area (Å²) in [7, 11) is 1.91. The van der Waals surface area contributed by atoms with Gasteiger partial charge in [-0.05, 0) is 62.1 Å². The van der Waals surface area contributed by atoms with Crippen molar-refractivity contribution in [1.29, 1.82) is 0 Å². The van der Waals surface area contributed by atoms with Gasteiger partial charge in [0, 0.05) is 37.0 Å². The Morgan fingerprint density at radius 3 is 2.57 bits per heavy atom. The second-order valence-electron chi connectivity index (χ2n) is 7.77. The minimum absolute atomic E-state index is 0.0495. The SMILES string of the molecule is CN(CCO)c1ccc(C(=O)NC2CCC(Oc3ccc4c(c3)OCO4)CC2)cc1. The molecule has 30 heavy (non-hydrogen) atoms. The van der Waals surface area contributed by atoms with Crippen molar-refractivity contribution >= 4 is 11.6 Å². The van der Waals surface area contributed by atoms with Crippen LogP contribution in [-0.4, -0.2) is 50.2 Å². The van der Waals surface area contributed by atoms with Crippen molar-refractivity contribution in [3.63, 3.8) is 0 Å². The molecule has 0 saturated heterocycles. The Balaban J connectivity index is 1.25. The van der Waals surface area contributed by atoms with Gasteiger partial charge in [0.25, 0.3) is 5.91 Å². The van der Waals surface area contributed by atoms with Crippen LogP contribution in [0.5, 0.6) is 17.2 Å². The number of carbonyl (C=O) groups is 1. The van der Waals surface area contributed by atoms with E-state index in [1.807, 2.05) is 54.4 Å². The molecule has 0 aromatic heterocycles. The highest BCUT2D eigenvalue weighted by molar-refractivity contribution is 5.94. The summed E-state index contributed by atoms with van der Waals surface area (Å²) < 4.78 is 16.8. The summed E-state index contributed by atoms with van der Waals surface area (Å²) in [6.07, 6.45) is 3.70. The maximum Gasteiger partial charge on any atom is 0.251 e. The molecule has 0 atom stereocenters. The Bertz CT molecular complexity index is 862. The second-order valence-corrected chi connectivity index (χ2v) is 7.77. The lowest BCUT2D eigenvalue weighted by atomic mass is 9.92. The van der Waals surface area contributed by atoms with Gasteiger partial charge in [-0.15, -0.1) is 0 Å². The monoisotopic (exact) mass is 412 g/mol. The number of amides is 1. The van der Waals surface area contributed by atoms with Crippen LogP contribution < -0.4 is 24.4 Å². The highest BCUT2D eigenvalue weighted by Crippen LogP contribution is 2.36. The van der Waals surface area contributed by atoms with Gasteiger partial charge in [0.05, 0.1) is 12.7 Å². The average molecular weight is 412 g/mol. The molecule has 1 amide bonds. The fourth-order valence-electron chi connectivity index (χ4n) is 3.88. The maximum absolute atomic E-state index is 12.6. The number of nitrogens with zero attached hydrogens (tertiary/aromatic N) is 1. The maximum atomic E-state index is 12.6. The summed E-state index contributed by atoms with van der Waals surface area (Å²) in [4.78, 5) is 14.5. The molecule has 0 radical (unpaired) electrons. The zero-order valence-electron chi connectivity index (χ0n) is 17.2. The van der Waals surface area contributed by atoms with Crippen molar-refractivity contribution in [1.82, 2.24) is 5.32 Å². The highest BCUT2D eigenvalue weighted by Gasteiger charge is 2.24. The number of hydrogen-bond acceptors (Lipinski definition) is 6. The molecule has 1 saturated carbocycles. The van der Waals surface area contributed by atoms with Crippen LogP contribution in [0, 0.1) is 0 Å². The Kier molecular flexibility index (Phi) is 6.28. The number of nitrogens with one attached hydrogen (secondary N) is 1. The van der Waals surface area contributed by atoms with Crippen LogP contribution in [0.25, 0.3) is 0 Å². The Morgan fingerprint density at radius 2 is 1.83 bits per heavy atom. The minimum atomic E-state index is -0.0495. The fourth-order valence-corrected chi connectivity index (χ4v) is 3.88. The summed E-state index contributed by atoms with van der Waals surface area (Å²) in [5.41, 5.74) is 1.62. The first-order valence-corrected chi connectivity index (χ1v) is 10.4. The van der Waals surface area contributed by atoms with Crippen LogP contribution in [0.4, 0.5) is 5.69 Å². The van der Waals surface area contributed by atoms with Crippen molar-refractivity contribution in [2.24, 2.45) is 0 Å². The lowest BCUT2D eigenvalue weighted by Gasteiger charge is -2.29. The van der Waals surface area contributed by atoms with Gasteiger partial charge in [0.2, 0.25) is 6.79 Å². The summed E-state index contributed by atoms with van der Waals surface area (Å²) in [5, 5.41) is 12.2. The number of hydrogen-bond donors (Lipinski definition) is 2. The molecule has 160 valence electrons. The van der Waals surface area contributed by atoms with Gasteiger partial charge in [-0.1, -0.05) is 0 Å². The van der Waals surface area contributed by atoms with Gasteiger partial charge in [-0.3, -0.25) is 4.79 Å². The topological polar surface area (TPSA) is 80.3 Å². The van der Waals surface area contributed by atoms with E-state index in [2.05, 4.69) is 5.32 Å². The van der Waals surface area contributed by atoms with Crippen LogP contribution in [-0.2, 0) is 0 Å². The number of carbonyl (C=O) groups excluding carboxylic acids is 1. The van der Waals surface area contributed by atoms with Crippen LogP contribution >= 0.6 is 0 Å². The van der Waals surface area contributed by atoms with Gasteiger partial charge in [-0.25, -0.2) is 0 Å². The first-order valence-electron chi connectivity index (χ1n) is 10.4. The third kappa shape index (κ3) is 4.79. The predicted molar refractivity (Wildman–Crippen MR) is 114 cm³/mol. The standard InChI is InChI=1S/C23H28N2O5/c1-25(12-13-26)18-6-2-16(3-7-18)23(27)24-17-4-8-19(9-5-17)30-20-10-11-21-22(14-20)29-15-28-21/h2-3,6-7,10-11,14,17,19,26H,4-5,8-9,12-13,15H2,1H3,(H,24,27). The fraction of sp³-hybridized carbons (Fsp3) is 0.435. The number of aliphatic hydroxyl groups excluding tert-OH is 1. The number of aliphatic hydroxyl groups is 1. The Morgan fingerprint density at radius 1 is 1.10 bits per heavy atom. The van der Waals surface area contributed by atoms with E-state index in [0.29, 0.717) is 12.1 Å². The van der Waals surface area contributed by atoms with E-state index in [1.165, 1.54) is 0 Å². The average Bonchev–Trinajstić information content (AvgIpc) is 3.23. The van der Waals surface area contributed by atoms with Gasteiger partial charge >= 0.3 is 0 Å². The van der Waals surface area contributed by atoms with Crippen LogP contribution in [0.3, 0.4) is 0 Å². The zero-order chi connectivity index (χ0) is 20.9. The number of rotatable bonds is 7. The Hall–Kier alpha value is -2.93. The van der Waals surface area contributed by atoms with Crippen molar-refractivity contribution in [2.75, 3.05) is 31.9 Å².